The maximum Gasteiger partial charge on any atom is 0.188 e. The molecule has 0 aliphatic carbocycles. The van der Waals surface area contributed by atoms with Gasteiger partial charge in [-0.1, -0.05) is 15.9 Å². The van der Waals surface area contributed by atoms with E-state index >= 15 is 0 Å². The molecule has 0 fully saturated rings. The Hall–Kier alpha value is -0.460. The van der Waals surface area contributed by atoms with Crippen molar-refractivity contribution < 1.29 is 4.39 Å². The molecular weight excluding hydrogens is 347 g/mol. The molecule has 78 valence electrons. The number of nitrogens with one attached hydrogen (secondary N) is 1. The summed E-state index contributed by atoms with van der Waals surface area (Å²) in [5, 5.41) is 5.39. The number of anilines is 2. The molecule has 0 aliphatic rings. The van der Waals surface area contributed by atoms with E-state index in [4.69, 9.17) is 0 Å². The first-order valence-corrected chi connectivity index (χ1v) is 6.45. The van der Waals surface area contributed by atoms with E-state index in [-0.39, 0.29) is 5.82 Å². The van der Waals surface area contributed by atoms with Gasteiger partial charge in [0.25, 0.3) is 0 Å². The van der Waals surface area contributed by atoms with Crippen LogP contribution in [0.25, 0.3) is 0 Å². The molecule has 0 saturated heterocycles. The van der Waals surface area contributed by atoms with Crippen LogP contribution in [0.4, 0.5) is 15.2 Å². The van der Waals surface area contributed by atoms with Gasteiger partial charge in [-0.2, -0.15) is 0 Å². The second-order valence-corrected chi connectivity index (χ2v) is 5.31. The van der Waals surface area contributed by atoms with Gasteiger partial charge in [-0.15, -0.1) is 11.3 Å². The van der Waals surface area contributed by atoms with Gasteiger partial charge in [0.05, 0.1) is 5.69 Å². The summed E-state index contributed by atoms with van der Waals surface area (Å²) in [6.45, 7) is 0. The number of halogens is 3. The Morgan fingerprint density at radius 3 is 2.80 bits per heavy atom. The van der Waals surface area contributed by atoms with Crippen molar-refractivity contribution in [1.82, 2.24) is 4.98 Å². The molecule has 1 aromatic heterocycles. The molecule has 0 saturated carbocycles. The predicted molar refractivity (Wildman–Crippen MR) is 67.2 cm³/mol. The molecule has 0 atom stereocenters. The van der Waals surface area contributed by atoms with Gasteiger partial charge in [0.2, 0.25) is 0 Å². The Balaban J connectivity index is 2.27. The van der Waals surface area contributed by atoms with Crippen LogP contribution < -0.4 is 5.32 Å². The zero-order chi connectivity index (χ0) is 10.8. The highest BCUT2D eigenvalue weighted by atomic mass is 79.9. The minimum Gasteiger partial charge on any atom is -0.329 e. The van der Waals surface area contributed by atoms with Gasteiger partial charge in [-0.3, -0.25) is 0 Å². The SMILES string of the molecule is Fc1ccc(Br)cc1Nc1nc(Br)cs1. The molecule has 0 aliphatic heterocycles. The summed E-state index contributed by atoms with van der Waals surface area (Å²) in [5.41, 5.74) is 0.409. The molecule has 1 N–H and O–H groups in total. The largest absolute Gasteiger partial charge is 0.329 e. The van der Waals surface area contributed by atoms with Gasteiger partial charge in [-0.05, 0) is 34.1 Å². The lowest BCUT2D eigenvalue weighted by Crippen LogP contribution is -1.92. The summed E-state index contributed by atoms with van der Waals surface area (Å²) in [4.78, 5) is 4.12. The molecule has 15 heavy (non-hydrogen) atoms. The third kappa shape index (κ3) is 2.76. The summed E-state index contributed by atoms with van der Waals surface area (Å²) in [6, 6.07) is 4.72. The monoisotopic (exact) mass is 350 g/mol. The third-order valence-electron chi connectivity index (χ3n) is 1.65. The van der Waals surface area contributed by atoms with Crippen LogP contribution in [0.1, 0.15) is 0 Å². The average Bonchev–Trinajstić information content (AvgIpc) is 2.58. The summed E-state index contributed by atoms with van der Waals surface area (Å²) < 4.78 is 14.9. The topological polar surface area (TPSA) is 24.9 Å². The van der Waals surface area contributed by atoms with Gasteiger partial charge in [0.1, 0.15) is 10.4 Å². The Morgan fingerprint density at radius 2 is 2.13 bits per heavy atom. The standard InChI is InChI=1S/C9H5Br2FN2S/c10-5-1-2-6(12)7(3-5)13-9-14-8(11)4-15-9/h1-4H,(H,13,14). The van der Waals surface area contributed by atoms with E-state index in [0.29, 0.717) is 10.8 Å². The average molecular weight is 352 g/mol. The quantitative estimate of drug-likeness (QED) is 0.858. The summed E-state index contributed by atoms with van der Waals surface area (Å²) >= 11 is 7.92. The molecule has 2 rings (SSSR count). The van der Waals surface area contributed by atoms with Crippen LogP contribution in [-0.4, -0.2) is 4.98 Å². The van der Waals surface area contributed by atoms with Crippen molar-refractivity contribution >= 4 is 54.0 Å². The number of benzene rings is 1. The number of aromatic nitrogens is 1. The van der Waals surface area contributed by atoms with Crippen LogP contribution in [0.15, 0.2) is 32.7 Å². The third-order valence-corrected chi connectivity index (χ3v) is 3.61. The predicted octanol–water partition coefficient (Wildman–Crippen LogP) is 4.55. The van der Waals surface area contributed by atoms with Crippen LogP contribution in [0.2, 0.25) is 0 Å². The molecule has 2 aromatic rings. The number of hydrogen-bond acceptors (Lipinski definition) is 3. The number of rotatable bonds is 2. The van der Waals surface area contributed by atoms with Crippen molar-refractivity contribution in [1.29, 1.82) is 0 Å². The highest BCUT2D eigenvalue weighted by Crippen LogP contribution is 2.27. The lowest BCUT2D eigenvalue weighted by molar-refractivity contribution is 0.631. The van der Waals surface area contributed by atoms with E-state index in [9.17, 15) is 4.39 Å². The van der Waals surface area contributed by atoms with Crippen molar-refractivity contribution in [3.63, 3.8) is 0 Å². The summed E-state index contributed by atoms with van der Waals surface area (Å²) in [5.74, 6) is -0.301. The second-order valence-electron chi connectivity index (χ2n) is 2.72. The molecule has 6 heteroatoms. The van der Waals surface area contributed by atoms with Gasteiger partial charge >= 0.3 is 0 Å². The van der Waals surface area contributed by atoms with Crippen molar-refractivity contribution in [3.05, 3.63) is 38.5 Å². The molecule has 2 nitrogen and oxygen atoms in total. The van der Waals surface area contributed by atoms with E-state index < -0.39 is 0 Å². The first kappa shape index (κ1) is 11.0. The van der Waals surface area contributed by atoms with Crippen LogP contribution in [-0.2, 0) is 0 Å². The number of hydrogen-bond donors (Lipinski definition) is 1. The van der Waals surface area contributed by atoms with Crippen molar-refractivity contribution in [2.75, 3.05) is 5.32 Å². The Bertz CT molecular complexity index is 487. The van der Waals surface area contributed by atoms with Gasteiger partial charge in [0.15, 0.2) is 5.13 Å². The van der Waals surface area contributed by atoms with E-state index in [1.165, 1.54) is 17.4 Å². The van der Waals surface area contributed by atoms with Crippen molar-refractivity contribution in [2.24, 2.45) is 0 Å². The normalized spacial score (nSPS) is 10.3. The molecule has 0 spiro atoms. The van der Waals surface area contributed by atoms with Gasteiger partial charge in [-0.25, -0.2) is 9.37 Å². The lowest BCUT2D eigenvalue weighted by Gasteiger charge is -2.04. The maximum absolute atomic E-state index is 13.3. The number of nitrogens with zero attached hydrogens (tertiary/aromatic N) is 1. The van der Waals surface area contributed by atoms with Crippen LogP contribution in [0.5, 0.6) is 0 Å². The molecule has 1 heterocycles. The fraction of sp³-hybridized carbons (Fsp3) is 0. The molecule has 0 radical (unpaired) electrons. The molecule has 0 unspecified atom stereocenters. The van der Waals surface area contributed by atoms with E-state index in [1.807, 2.05) is 5.38 Å². The minimum atomic E-state index is -0.301. The molecule has 0 amide bonds. The zero-order valence-corrected chi connectivity index (χ0v) is 11.3. The Labute approximate surface area is 107 Å². The lowest BCUT2D eigenvalue weighted by atomic mass is 10.3. The van der Waals surface area contributed by atoms with E-state index in [2.05, 4.69) is 42.2 Å². The van der Waals surface area contributed by atoms with Crippen LogP contribution in [0, 0.1) is 5.82 Å². The second kappa shape index (κ2) is 4.59. The molecular formula is C9H5Br2FN2S. The first-order chi connectivity index (χ1) is 7.15. The number of thiazole rings is 1. The van der Waals surface area contributed by atoms with Crippen molar-refractivity contribution in [3.8, 4) is 0 Å². The van der Waals surface area contributed by atoms with Crippen molar-refractivity contribution in [2.45, 2.75) is 0 Å². The van der Waals surface area contributed by atoms with Gasteiger partial charge in [0, 0.05) is 9.85 Å². The zero-order valence-electron chi connectivity index (χ0n) is 7.30. The molecule has 1 aromatic carbocycles. The fourth-order valence-electron chi connectivity index (χ4n) is 1.02. The molecule has 0 bridgehead atoms. The highest BCUT2D eigenvalue weighted by molar-refractivity contribution is 9.10. The smallest absolute Gasteiger partial charge is 0.188 e. The minimum absolute atomic E-state index is 0.301. The van der Waals surface area contributed by atoms with Crippen LogP contribution >= 0.6 is 43.2 Å². The van der Waals surface area contributed by atoms with E-state index in [0.717, 1.165) is 9.08 Å². The summed E-state index contributed by atoms with van der Waals surface area (Å²) in [6.07, 6.45) is 0. The maximum atomic E-state index is 13.3. The van der Waals surface area contributed by atoms with Gasteiger partial charge < -0.3 is 5.32 Å². The highest BCUT2D eigenvalue weighted by Gasteiger charge is 2.05. The Morgan fingerprint density at radius 1 is 1.33 bits per heavy atom. The fourth-order valence-corrected chi connectivity index (χ4v) is 2.54. The van der Waals surface area contributed by atoms with E-state index in [1.54, 1.807) is 12.1 Å². The van der Waals surface area contributed by atoms with Crippen LogP contribution in [0.3, 0.4) is 0 Å². The first-order valence-electron chi connectivity index (χ1n) is 3.98. The summed E-state index contributed by atoms with van der Waals surface area (Å²) in [7, 11) is 0. The Kier molecular flexibility index (Phi) is 3.38.